The van der Waals surface area contributed by atoms with E-state index in [1.54, 1.807) is 23.1 Å². The standard InChI is InChI=1S/C17H20N2O4S/c1-12-10-14(23-18-12)5-8-17(20)19-9-3-4-13-11-15(24(2,21)22)6-7-16(13)19/h6-7,10-11H,3-5,8-9H2,1-2H3. The van der Waals surface area contributed by atoms with Crippen LogP contribution >= 0.6 is 0 Å². The Balaban J connectivity index is 1.77. The summed E-state index contributed by atoms with van der Waals surface area (Å²) in [5, 5.41) is 3.82. The van der Waals surface area contributed by atoms with E-state index >= 15 is 0 Å². The second-order valence-electron chi connectivity index (χ2n) is 6.15. The lowest BCUT2D eigenvalue weighted by atomic mass is 10.0. The average molecular weight is 348 g/mol. The van der Waals surface area contributed by atoms with Gasteiger partial charge in [-0.05, 0) is 43.5 Å². The highest BCUT2D eigenvalue weighted by Crippen LogP contribution is 2.30. The summed E-state index contributed by atoms with van der Waals surface area (Å²) in [5.41, 5.74) is 2.52. The summed E-state index contributed by atoms with van der Waals surface area (Å²) in [6, 6.07) is 6.82. The summed E-state index contributed by atoms with van der Waals surface area (Å²) in [5.74, 6) is 0.711. The Morgan fingerprint density at radius 2 is 2.12 bits per heavy atom. The van der Waals surface area contributed by atoms with Crippen LogP contribution in [0.4, 0.5) is 5.69 Å². The number of hydrogen-bond donors (Lipinski definition) is 0. The summed E-state index contributed by atoms with van der Waals surface area (Å²) in [6.07, 6.45) is 3.64. The predicted molar refractivity (Wildman–Crippen MR) is 89.8 cm³/mol. The highest BCUT2D eigenvalue weighted by molar-refractivity contribution is 7.90. The van der Waals surface area contributed by atoms with Gasteiger partial charge in [0.05, 0.1) is 10.6 Å². The first-order valence-electron chi connectivity index (χ1n) is 7.90. The zero-order valence-corrected chi connectivity index (χ0v) is 14.6. The van der Waals surface area contributed by atoms with E-state index in [-0.39, 0.29) is 5.91 Å². The Morgan fingerprint density at radius 1 is 1.33 bits per heavy atom. The highest BCUT2D eigenvalue weighted by atomic mass is 32.2. The quantitative estimate of drug-likeness (QED) is 0.847. The molecule has 1 aliphatic heterocycles. The molecular weight excluding hydrogens is 328 g/mol. The molecular formula is C17H20N2O4S. The van der Waals surface area contributed by atoms with E-state index in [1.165, 1.54) is 6.26 Å². The van der Waals surface area contributed by atoms with E-state index in [0.29, 0.717) is 30.0 Å². The van der Waals surface area contributed by atoms with Crippen molar-refractivity contribution in [3.63, 3.8) is 0 Å². The Kier molecular flexibility index (Phi) is 4.45. The van der Waals surface area contributed by atoms with Gasteiger partial charge in [-0.2, -0.15) is 0 Å². The van der Waals surface area contributed by atoms with Crippen LogP contribution in [0.15, 0.2) is 33.7 Å². The monoisotopic (exact) mass is 348 g/mol. The first kappa shape index (κ1) is 16.7. The van der Waals surface area contributed by atoms with E-state index in [9.17, 15) is 13.2 Å². The molecule has 0 saturated heterocycles. The van der Waals surface area contributed by atoms with E-state index in [0.717, 1.165) is 29.8 Å². The minimum absolute atomic E-state index is 0.0112. The Morgan fingerprint density at radius 3 is 2.79 bits per heavy atom. The second kappa shape index (κ2) is 6.39. The molecule has 7 heteroatoms. The molecule has 0 N–H and O–H groups in total. The van der Waals surface area contributed by atoms with Crippen LogP contribution in [0.25, 0.3) is 0 Å². The average Bonchev–Trinajstić information content (AvgIpc) is 2.96. The van der Waals surface area contributed by atoms with Crippen molar-refractivity contribution < 1.29 is 17.7 Å². The number of aryl methyl sites for hydroxylation is 3. The number of amides is 1. The summed E-state index contributed by atoms with van der Waals surface area (Å²) in [7, 11) is -3.24. The van der Waals surface area contributed by atoms with Crippen molar-refractivity contribution in [2.24, 2.45) is 0 Å². The fourth-order valence-corrected chi connectivity index (χ4v) is 3.63. The lowest BCUT2D eigenvalue weighted by Crippen LogP contribution is -2.35. The molecule has 0 aliphatic carbocycles. The van der Waals surface area contributed by atoms with Gasteiger partial charge in [-0.15, -0.1) is 0 Å². The van der Waals surface area contributed by atoms with Crippen molar-refractivity contribution in [2.75, 3.05) is 17.7 Å². The minimum atomic E-state index is -3.24. The van der Waals surface area contributed by atoms with Gasteiger partial charge in [0.25, 0.3) is 0 Å². The van der Waals surface area contributed by atoms with Crippen molar-refractivity contribution >= 4 is 21.4 Å². The van der Waals surface area contributed by atoms with Crippen LogP contribution < -0.4 is 4.90 Å². The third-order valence-corrected chi connectivity index (χ3v) is 5.27. The first-order valence-corrected chi connectivity index (χ1v) is 9.79. The zero-order valence-electron chi connectivity index (χ0n) is 13.8. The predicted octanol–water partition coefficient (Wildman–Crippen LogP) is 2.30. The third-order valence-electron chi connectivity index (χ3n) is 4.16. The van der Waals surface area contributed by atoms with Crippen LogP contribution in [0.3, 0.4) is 0 Å². The largest absolute Gasteiger partial charge is 0.361 e. The van der Waals surface area contributed by atoms with Gasteiger partial charge in [0.1, 0.15) is 5.76 Å². The second-order valence-corrected chi connectivity index (χ2v) is 8.16. The summed E-state index contributed by atoms with van der Waals surface area (Å²) in [6.45, 7) is 2.49. The number of anilines is 1. The van der Waals surface area contributed by atoms with Gasteiger partial charge in [0, 0.05) is 37.4 Å². The molecule has 24 heavy (non-hydrogen) atoms. The summed E-state index contributed by atoms with van der Waals surface area (Å²) < 4.78 is 28.5. The molecule has 0 radical (unpaired) electrons. The number of carbonyl (C=O) groups excluding carboxylic acids is 1. The van der Waals surface area contributed by atoms with E-state index in [4.69, 9.17) is 4.52 Å². The normalized spacial score (nSPS) is 14.5. The number of rotatable bonds is 4. The number of aromatic nitrogens is 1. The van der Waals surface area contributed by atoms with Crippen molar-refractivity contribution in [3.05, 3.63) is 41.3 Å². The molecule has 1 amide bonds. The molecule has 0 bridgehead atoms. The maximum absolute atomic E-state index is 12.6. The van der Waals surface area contributed by atoms with Crippen molar-refractivity contribution in [2.45, 2.75) is 37.5 Å². The summed E-state index contributed by atoms with van der Waals surface area (Å²) >= 11 is 0. The number of hydrogen-bond acceptors (Lipinski definition) is 5. The van der Waals surface area contributed by atoms with Crippen molar-refractivity contribution in [1.29, 1.82) is 0 Å². The number of sulfone groups is 1. The lowest BCUT2D eigenvalue weighted by Gasteiger charge is -2.29. The molecule has 1 aromatic carbocycles. The van der Waals surface area contributed by atoms with Gasteiger partial charge in [-0.3, -0.25) is 4.79 Å². The Labute approximate surface area is 141 Å². The molecule has 2 heterocycles. The molecule has 0 saturated carbocycles. The number of nitrogens with zero attached hydrogens (tertiary/aromatic N) is 2. The van der Waals surface area contributed by atoms with Crippen LogP contribution in [0.2, 0.25) is 0 Å². The maximum Gasteiger partial charge on any atom is 0.227 e. The van der Waals surface area contributed by atoms with Crippen molar-refractivity contribution in [1.82, 2.24) is 5.16 Å². The maximum atomic E-state index is 12.6. The Hall–Kier alpha value is -2.15. The number of fused-ring (bicyclic) bond motifs is 1. The molecule has 0 atom stereocenters. The van der Waals surface area contributed by atoms with Crippen LogP contribution in [0.1, 0.15) is 29.9 Å². The van der Waals surface area contributed by atoms with Gasteiger partial charge in [0.2, 0.25) is 5.91 Å². The molecule has 0 fully saturated rings. The topological polar surface area (TPSA) is 80.5 Å². The molecule has 6 nitrogen and oxygen atoms in total. The highest BCUT2D eigenvalue weighted by Gasteiger charge is 2.24. The minimum Gasteiger partial charge on any atom is -0.361 e. The van der Waals surface area contributed by atoms with E-state index < -0.39 is 9.84 Å². The molecule has 0 unspecified atom stereocenters. The molecule has 1 aliphatic rings. The van der Waals surface area contributed by atoms with Crippen LogP contribution in [0.5, 0.6) is 0 Å². The van der Waals surface area contributed by atoms with Crippen LogP contribution in [-0.2, 0) is 27.5 Å². The van der Waals surface area contributed by atoms with Gasteiger partial charge in [-0.25, -0.2) is 8.42 Å². The van der Waals surface area contributed by atoms with Gasteiger partial charge < -0.3 is 9.42 Å². The SMILES string of the molecule is Cc1cc(CCC(=O)N2CCCc3cc(S(C)(=O)=O)ccc32)on1. The number of carbonyl (C=O) groups is 1. The molecule has 1 aromatic heterocycles. The van der Waals surface area contributed by atoms with E-state index in [1.807, 2.05) is 13.0 Å². The van der Waals surface area contributed by atoms with Crippen molar-refractivity contribution in [3.8, 4) is 0 Å². The summed E-state index contributed by atoms with van der Waals surface area (Å²) in [4.78, 5) is 14.6. The van der Waals surface area contributed by atoms with E-state index in [2.05, 4.69) is 5.16 Å². The fraction of sp³-hybridized carbons (Fsp3) is 0.412. The first-order chi connectivity index (χ1) is 11.3. The van der Waals surface area contributed by atoms with Crippen LogP contribution in [-0.4, -0.2) is 32.3 Å². The molecule has 0 spiro atoms. The molecule has 3 rings (SSSR count). The fourth-order valence-electron chi connectivity index (χ4n) is 2.96. The van der Waals surface area contributed by atoms with Gasteiger partial charge in [-0.1, -0.05) is 5.16 Å². The van der Waals surface area contributed by atoms with Gasteiger partial charge >= 0.3 is 0 Å². The Bertz CT molecular complexity index is 870. The molecule has 2 aromatic rings. The van der Waals surface area contributed by atoms with Crippen LogP contribution in [0, 0.1) is 6.92 Å². The molecule has 128 valence electrons. The zero-order chi connectivity index (χ0) is 17.3. The third kappa shape index (κ3) is 3.51. The smallest absolute Gasteiger partial charge is 0.227 e. The lowest BCUT2D eigenvalue weighted by molar-refractivity contribution is -0.118. The van der Waals surface area contributed by atoms with Gasteiger partial charge in [0.15, 0.2) is 9.84 Å². The number of benzene rings is 1.